The number of nitrogens with zero attached hydrogens (tertiary/aromatic N) is 3. The summed E-state index contributed by atoms with van der Waals surface area (Å²) in [7, 11) is 1.66. The minimum atomic E-state index is 0.545. The van der Waals surface area contributed by atoms with Crippen LogP contribution < -0.4 is 0 Å². The van der Waals surface area contributed by atoms with Crippen LogP contribution in [0.4, 0.5) is 0 Å². The van der Waals surface area contributed by atoms with Gasteiger partial charge in [-0.05, 0) is 18.9 Å². The smallest absolute Gasteiger partial charge is 0.0610 e. The first-order valence-corrected chi connectivity index (χ1v) is 6.45. The molecule has 0 saturated heterocycles. The predicted octanol–water partition coefficient (Wildman–Crippen LogP) is 4.62. The second kappa shape index (κ2) is 7.51. The Bertz CT molecular complexity index is 370. The molecule has 5 heteroatoms. The molecule has 0 bridgehead atoms. The van der Waals surface area contributed by atoms with Crippen molar-refractivity contribution in [1.29, 1.82) is 0 Å². The van der Waals surface area contributed by atoms with Gasteiger partial charge < -0.3 is 0 Å². The van der Waals surface area contributed by atoms with Crippen molar-refractivity contribution in [2.75, 3.05) is 13.6 Å². The molecule has 0 fully saturated rings. The zero-order valence-electron chi connectivity index (χ0n) is 10.2. The van der Waals surface area contributed by atoms with Gasteiger partial charge in [-0.15, -0.1) is 0 Å². The maximum atomic E-state index is 6.07. The zero-order valence-corrected chi connectivity index (χ0v) is 11.7. The van der Waals surface area contributed by atoms with Crippen molar-refractivity contribution in [3.8, 4) is 0 Å². The van der Waals surface area contributed by atoms with Gasteiger partial charge in [0, 0.05) is 6.54 Å². The monoisotopic (exact) mass is 273 g/mol. The quantitative estimate of drug-likeness (QED) is 0.531. The zero-order chi connectivity index (χ0) is 12.7. The summed E-state index contributed by atoms with van der Waals surface area (Å²) >= 11 is 12.0. The summed E-state index contributed by atoms with van der Waals surface area (Å²) in [6, 6.07) is 0. The standard InChI is InChI=1S/C12H17Cl2N3/c1-3-4-8-17(16-15-2)10-6-5-7-11(13)12(14)9-10/h6-7,9H,3-5,8H2,1-2H3/b16-15+. The van der Waals surface area contributed by atoms with Gasteiger partial charge in [0.05, 0.1) is 22.8 Å². The Morgan fingerprint density at radius 2 is 2.06 bits per heavy atom. The molecule has 0 aromatic rings. The van der Waals surface area contributed by atoms with Crippen LogP contribution >= 0.6 is 23.2 Å². The third-order valence-electron chi connectivity index (χ3n) is 2.35. The molecular weight excluding hydrogens is 257 g/mol. The summed E-state index contributed by atoms with van der Waals surface area (Å²) < 4.78 is 0. The van der Waals surface area contributed by atoms with E-state index >= 15 is 0 Å². The predicted molar refractivity (Wildman–Crippen MR) is 73.0 cm³/mol. The van der Waals surface area contributed by atoms with Crippen molar-refractivity contribution in [1.82, 2.24) is 5.01 Å². The summed E-state index contributed by atoms with van der Waals surface area (Å²) in [5.41, 5.74) is 0.945. The topological polar surface area (TPSA) is 28.0 Å². The first-order valence-electron chi connectivity index (χ1n) is 5.69. The van der Waals surface area contributed by atoms with Crippen LogP contribution in [0.25, 0.3) is 0 Å². The van der Waals surface area contributed by atoms with Crippen molar-refractivity contribution in [3.05, 3.63) is 34.0 Å². The van der Waals surface area contributed by atoms with E-state index in [1.165, 1.54) is 0 Å². The van der Waals surface area contributed by atoms with Crippen LogP contribution in [-0.4, -0.2) is 18.6 Å². The van der Waals surface area contributed by atoms with Gasteiger partial charge in [-0.25, -0.2) is 5.01 Å². The van der Waals surface area contributed by atoms with Crippen molar-refractivity contribution in [2.24, 2.45) is 10.3 Å². The lowest BCUT2D eigenvalue weighted by Crippen LogP contribution is -2.16. The van der Waals surface area contributed by atoms with E-state index in [0.29, 0.717) is 10.1 Å². The van der Waals surface area contributed by atoms with Crippen molar-refractivity contribution >= 4 is 23.2 Å². The SMILES string of the molecule is CCCCN(/N=N/C)C1=CCC=C(Cl)C(Cl)=C1. The Kier molecular flexibility index (Phi) is 6.30. The van der Waals surface area contributed by atoms with E-state index in [1.807, 2.05) is 23.2 Å². The van der Waals surface area contributed by atoms with E-state index in [4.69, 9.17) is 23.2 Å². The Labute approximate surface area is 112 Å². The van der Waals surface area contributed by atoms with Crippen LogP contribution in [-0.2, 0) is 0 Å². The van der Waals surface area contributed by atoms with Crippen LogP contribution in [0.2, 0.25) is 0 Å². The second-order valence-electron chi connectivity index (χ2n) is 3.68. The number of hydrogen-bond donors (Lipinski definition) is 0. The Morgan fingerprint density at radius 3 is 2.71 bits per heavy atom. The molecule has 17 heavy (non-hydrogen) atoms. The van der Waals surface area contributed by atoms with Crippen LogP contribution in [0.5, 0.6) is 0 Å². The average molecular weight is 274 g/mol. The fourth-order valence-corrected chi connectivity index (χ4v) is 1.79. The van der Waals surface area contributed by atoms with Gasteiger partial charge in [0.15, 0.2) is 0 Å². The Morgan fingerprint density at radius 1 is 1.29 bits per heavy atom. The highest BCUT2D eigenvalue weighted by Crippen LogP contribution is 2.26. The molecule has 3 nitrogen and oxygen atoms in total. The molecule has 0 saturated carbocycles. The lowest BCUT2D eigenvalue weighted by Gasteiger charge is -2.18. The van der Waals surface area contributed by atoms with Crippen molar-refractivity contribution < 1.29 is 0 Å². The summed E-state index contributed by atoms with van der Waals surface area (Å²) in [5, 5.41) is 10.9. The Hall–Kier alpha value is -0.800. The molecule has 0 atom stereocenters. The molecule has 1 rings (SSSR count). The molecule has 94 valence electrons. The van der Waals surface area contributed by atoms with Crippen molar-refractivity contribution in [3.63, 3.8) is 0 Å². The highest BCUT2D eigenvalue weighted by molar-refractivity contribution is 6.44. The van der Waals surface area contributed by atoms with Gasteiger partial charge in [0.1, 0.15) is 0 Å². The van der Waals surface area contributed by atoms with Crippen molar-refractivity contribution in [2.45, 2.75) is 26.2 Å². The minimum absolute atomic E-state index is 0.545. The number of hydrogen-bond acceptors (Lipinski definition) is 2. The van der Waals surface area contributed by atoms with Gasteiger partial charge in [-0.3, -0.25) is 0 Å². The lowest BCUT2D eigenvalue weighted by molar-refractivity contribution is 0.341. The van der Waals surface area contributed by atoms with Gasteiger partial charge >= 0.3 is 0 Å². The van der Waals surface area contributed by atoms with E-state index in [-0.39, 0.29) is 0 Å². The normalized spacial score (nSPS) is 16.4. The first kappa shape index (κ1) is 14.3. The summed E-state index contributed by atoms with van der Waals surface area (Å²) in [5.74, 6) is 0. The van der Waals surface area contributed by atoms with Gasteiger partial charge in [-0.2, -0.15) is 5.11 Å². The second-order valence-corrected chi connectivity index (χ2v) is 4.49. The molecule has 0 unspecified atom stereocenters. The maximum Gasteiger partial charge on any atom is 0.0610 e. The van der Waals surface area contributed by atoms with E-state index < -0.39 is 0 Å². The van der Waals surface area contributed by atoms with Crippen LogP contribution in [0.1, 0.15) is 26.2 Å². The number of unbranched alkanes of at least 4 members (excludes halogenated alkanes) is 1. The summed E-state index contributed by atoms with van der Waals surface area (Å²) in [6.45, 7) is 2.97. The fourth-order valence-electron chi connectivity index (χ4n) is 1.46. The number of allylic oxidation sites excluding steroid dienone is 5. The lowest BCUT2D eigenvalue weighted by atomic mass is 10.3. The molecule has 0 aromatic carbocycles. The van der Waals surface area contributed by atoms with Gasteiger partial charge in [0.2, 0.25) is 0 Å². The van der Waals surface area contributed by atoms with E-state index in [0.717, 1.165) is 31.5 Å². The maximum absolute atomic E-state index is 6.07. The number of rotatable bonds is 5. The fraction of sp³-hybridized carbons (Fsp3) is 0.500. The Balaban J connectivity index is 2.84. The molecule has 0 amide bonds. The molecule has 0 N–H and O–H groups in total. The van der Waals surface area contributed by atoms with Gasteiger partial charge in [-0.1, -0.05) is 53.9 Å². The molecular formula is C12H17Cl2N3. The molecule has 1 aliphatic rings. The van der Waals surface area contributed by atoms with Crippen LogP contribution in [0.15, 0.2) is 44.3 Å². The number of halogens is 2. The average Bonchev–Trinajstić information content (AvgIpc) is 2.48. The van der Waals surface area contributed by atoms with Crippen LogP contribution in [0.3, 0.4) is 0 Å². The van der Waals surface area contributed by atoms with Gasteiger partial charge in [0.25, 0.3) is 0 Å². The third-order valence-corrected chi connectivity index (χ3v) is 3.11. The van der Waals surface area contributed by atoms with E-state index in [1.54, 1.807) is 7.05 Å². The highest BCUT2D eigenvalue weighted by atomic mass is 35.5. The molecule has 0 spiro atoms. The first-order chi connectivity index (χ1) is 8.19. The minimum Gasteiger partial charge on any atom is -0.248 e. The molecule has 0 heterocycles. The molecule has 0 aromatic heterocycles. The summed E-state index contributed by atoms with van der Waals surface area (Å²) in [6.07, 6.45) is 8.68. The molecule has 0 radical (unpaired) electrons. The molecule has 1 aliphatic carbocycles. The third kappa shape index (κ3) is 4.52. The van der Waals surface area contributed by atoms with Crippen LogP contribution in [0, 0.1) is 0 Å². The van der Waals surface area contributed by atoms with E-state index in [2.05, 4.69) is 17.3 Å². The highest BCUT2D eigenvalue weighted by Gasteiger charge is 2.10. The summed E-state index contributed by atoms with van der Waals surface area (Å²) in [4.78, 5) is 0. The van der Waals surface area contributed by atoms with E-state index in [9.17, 15) is 0 Å². The molecule has 0 aliphatic heterocycles. The largest absolute Gasteiger partial charge is 0.248 e.